The monoisotopic (exact) mass is 362 g/mol. The normalized spacial score (nSPS) is 10.2. The quantitative estimate of drug-likeness (QED) is 0.886. The van der Waals surface area contributed by atoms with Gasteiger partial charge in [0.1, 0.15) is 11.1 Å². The van der Waals surface area contributed by atoms with Crippen molar-refractivity contribution in [3.05, 3.63) is 51.1 Å². The predicted octanol–water partition coefficient (Wildman–Crippen LogP) is 4.18. The molecule has 6 heteroatoms. The first kappa shape index (κ1) is 15.5. The molecule has 0 aliphatic rings. The first-order valence-electron chi connectivity index (χ1n) is 6.01. The number of aryl methyl sites for hydroxylation is 2. The smallest absolute Gasteiger partial charge is 0.336 e. The number of nitriles is 1. The highest BCUT2D eigenvalue weighted by Crippen LogP contribution is 2.32. The summed E-state index contributed by atoms with van der Waals surface area (Å²) in [4.78, 5) is 16.3. The first-order valence-corrected chi connectivity index (χ1v) is 7.62. The molecule has 21 heavy (non-hydrogen) atoms. The van der Waals surface area contributed by atoms with Gasteiger partial charge in [-0.05, 0) is 59.6 Å². The molecule has 2 aromatic rings. The molecule has 1 aromatic carbocycles. The summed E-state index contributed by atoms with van der Waals surface area (Å²) in [6, 6.07) is 9.05. The molecule has 0 fully saturated rings. The lowest BCUT2D eigenvalue weighted by molar-refractivity contribution is 0.0695. The summed E-state index contributed by atoms with van der Waals surface area (Å²) in [5, 5.41) is 19.0. The van der Waals surface area contributed by atoms with Crippen molar-refractivity contribution in [1.82, 2.24) is 4.98 Å². The molecule has 0 saturated carbocycles. The largest absolute Gasteiger partial charge is 0.478 e. The molecule has 0 bridgehead atoms. The van der Waals surface area contributed by atoms with E-state index in [2.05, 4.69) is 27.0 Å². The van der Waals surface area contributed by atoms with Crippen molar-refractivity contribution in [3.63, 3.8) is 0 Å². The van der Waals surface area contributed by atoms with Crippen LogP contribution in [0.1, 0.15) is 27.2 Å². The van der Waals surface area contributed by atoms with E-state index < -0.39 is 5.97 Å². The molecule has 1 aromatic heterocycles. The topological polar surface area (TPSA) is 74.0 Å². The van der Waals surface area contributed by atoms with Crippen LogP contribution in [0.15, 0.2) is 38.7 Å². The number of carbonyl (C=O) groups is 1. The van der Waals surface area contributed by atoms with Crippen LogP contribution in [0, 0.1) is 25.2 Å². The van der Waals surface area contributed by atoms with Gasteiger partial charge >= 0.3 is 5.97 Å². The highest BCUT2D eigenvalue weighted by atomic mass is 79.9. The van der Waals surface area contributed by atoms with Gasteiger partial charge in [0.05, 0.1) is 11.1 Å². The Labute approximate surface area is 135 Å². The van der Waals surface area contributed by atoms with Crippen LogP contribution in [0.2, 0.25) is 0 Å². The van der Waals surface area contributed by atoms with E-state index in [1.165, 1.54) is 11.8 Å². The Kier molecular flexibility index (Phi) is 4.66. The van der Waals surface area contributed by atoms with Gasteiger partial charge in [-0.3, -0.25) is 0 Å². The Morgan fingerprint density at radius 1 is 1.38 bits per heavy atom. The van der Waals surface area contributed by atoms with E-state index in [1.807, 2.05) is 19.9 Å². The number of rotatable bonds is 3. The summed E-state index contributed by atoms with van der Waals surface area (Å²) in [7, 11) is 0. The average Bonchev–Trinajstić information content (AvgIpc) is 2.40. The number of benzene rings is 1. The second-order valence-electron chi connectivity index (χ2n) is 4.42. The third-order valence-electron chi connectivity index (χ3n) is 2.81. The van der Waals surface area contributed by atoms with Crippen molar-refractivity contribution in [1.29, 1.82) is 5.26 Å². The zero-order valence-electron chi connectivity index (χ0n) is 11.3. The molecule has 1 N–H and O–H groups in total. The fourth-order valence-electron chi connectivity index (χ4n) is 1.86. The summed E-state index contributed by atoms with van der Waals surface area (Å²) in [6.45, 7) is 3.73. The molecule has 106 valence electrons. The number of halogens is 1. The van der Waals surface area contributed by atoms with Crippen LogP contribution in [0.25, 0.3) is 0 Å². The van der Waals surface area contributed by atoms with Gasteiger partial charge < -0.3 is 5.11 Å². The minimum atomic E-state index is -1.00. The SMILES string of the molecule is Cc1cc(C)c(C#N)c(Sc2ccc(Br)c(C(=O)O)c2)n1. The van der Waals surface area contributed by atoms with Crippen molar-refractivity contribution in [2.75, 3.05) is 0 Å². The summed E-state index contributed by atoms with van der Waals surface area (Å²) >= 11 is 4.50. The number of hydrogen-bond donors (Lipinski definition) is 1. The lowest BCUT2D eigenvalue weighted by atomic mass is 10.1. The standard InChI is InChI=1S/C15H11BrN2O2S/c1-8-5-9(2)18-14(12(8)7-17)21-10-3-4-13(16)11(6-10)15(19)20/h3-6H,1-2H3,(H,19,20). The molecule has 2 rings (SSSR count). The zero-order chi connectivity index (χ0) is 15.6. The van der Waals surface area contributed by atoms with E-state index >= 15 is 0 Å². The molecule has 0 amide bonds. The third-order valence-corrected chi connectivity index (χ3v) is 4.48. The van der Waals surface area contributed by atoms with Gasteiger partial charge in [0, 0.05) is 15.1 Å². The Bertz CT molecular complexity index is 769. The van der Waals surface area contributed by atoms with E-state index in [9.17, 15) is 10.1 Å². The molecule has 0 saturated heterocycles. The fourth-order valence-corrected chi connectivity index (χ4v) is 3.31. The molecule has 0 aliphatic heterocycles. The van der Waals surface area contributed by atoms with Gasteiger partial charge in [-0.2, -0.15) is 5.26 Å². The second-order valence-corrected chi connectivity index (χ2v) is 6.34. The van der Waals surface area contributed by atoms with Gasteiger partial charge in [-0.1, -0.05) is 11.8 Å². The summed E-state index contributed by atoms with van der Waals surface area (Å²) < 4.78 is 0.522. The van der Waals surface area contributed by atoms with Crippen LogP contribution < -0.4 is 0 Å². The van der Waals surface area contributed by atoms with Crippen LogP contribution in [0.3, 0.4) is 0 Å². The Morgan fingerprint density at radius 3 is 2.71 bits per heavy atom. The van der Waals surface area contributed by atoms with E-state index in [-0.39, 0.29) is 5.56 Å². The fraction of sp³-hybridized carbons (Fsp3) is 0.133. The van der Waals surface area contributed by atoms with Crippen LogP contribution in [0.4, 0.5) is 0 Å². The number of aromatic carboxylic acids is 1. The highest BCUT2D eigenvalue weighted by Gasteiger charge is 2.13. The van der Waals surface area contributed by atoms with E-state index in [4.69, 9.17) is 5.11 Å². The van der Waals surface area contributed by atoms with Crippen molar-refractivity contribution < 1.29 is 9.90 Å². The molecule has 1 heterocycles. The number of nitrogens with zero attached hydrogens (tertiary/aromatic N) is 2. The number of hydrogen-bond acceptors (Lipinski definition) is 4. The highest BCUT2D eigenvalue weighted by molar-refractivity contribution is 9.10. The first-order chi connectivity index (χ1) is 9.92. The van der Waals surface area contributed by atoms with Crippen molar-refractivity contribution >= 4 is 33.7 Å². The maximum absolute atomic E-state index is 11.2. The lowest BCUT2D eigenvalue weighted by Gasteiger charge is -2.08. The van der Waals surface area contributed by atoms with Crippen molar-refractivity contribution in [3.8, 4) is 6.07 Å². The Balaban J connectivity index is 2.46. The maximum Gasteiger partial charge on any atom is 0.336 e. The van der Waals surface area contributed by atoms with Gasteiger partial charge in [0.25, 0.3) is 0 Å². The summed E-state index contributed by atoms with van der Waals surface area (Å²) in [6.07, 6.45) is 0. The van der Waals surface area contributed by atoms with E-state index in [1.54, 1.807) is 18.2 Å². The van der Waals surface area contributed by atoms with Gasteiger partial charge in [-0.15, -0.1) is 0 Å². The van der Waals surface area contributed by atoms with Crippen LogP contribution in [0.5, 0.6) is 0 Å². The van der Waals surface area contributed by atoms with Crippen LogP contribution in [-0.4, -0.2) is 16.1 Å². The van der Waals surface area contributed by atoms with Gasteiger partial charge in [-0.25, -0.2) is 9.78 Å². The van der Waals surface area contributed by atoms with Crippen LogP contribution in [-0.2, 0) is 0 Å². The van der Waals surface area contributed by atoms with Crippen molar-refractivity contribution in [2.24, 2.45) is 0 Å². The maximum atomic E-state index is 11.2. The Morgan fingerprint density at radius 2 is 2.10 bits per heavy atom. The average molecular weight is 363 g/mol. The number of pyridine rings is 1. The summed E-state index contributed by atoms with van der Waals surface area (Å²) in [5.74, 6) is -1.00. The molecule has 0 radical (unpaired) electrons. The third kappa shape index (κ3) is 3.43. The molecule has 4 nitrogen and oxygen atoms in total. The zero-order valence-corrected chi connectivity index (χ0v) is 13.7. The number of aromatic nitrogens is 1. The minimum Gasteiger partial charge on any atom is -0.478 e. The van der Waals surface area contributed by atoms with Crippen LogP contribution >= 0.6 is 27.7 Å². The summed E-state index contributed by atoms with van der Waals surface area (Å²) in [5.41, 5.74) is 2.39. The van der Waals surface area contributed by atoms with E-state index in [0.717, 1.165) is 16.2 Å². The predicted molar refractivity (Wildman–Crippen MR) is 83.7 cm³/mol. The molecule has 0 spiro atoms. The minimum absolute atomic E-state index is 0.183. The molecular formula is C15H11BrN2O2S. The number of carboxylic acids is 1. The van der Waals surface area contributed by atoms with E-state index in [0.29, 0.717) is 15.1 Å². The Hall–Kier alpha value is -1.84. The second kappa shape index (κ2) is 6.29. The lowest BCUT2D eigenvalue weighted by Crippen LogP contribution is -1.98. The molecule has 0 aliphatic carbocycles. The van der Waals surface area contributed by atoms with Gasteiger partial charge in [0.2, 0.25) is 0 Å². The molecule has 0 unspecified atom stereocenters. The van der Waals surface area contributed by atoms with Crippen molar-refractivity contribution in [2.45, 2.75) is 23.8 Å². The molecular weight excluding hydrogens is 352 g/mol. The number of carboxylic acid groups (broad SMARTS) is 1. The van der Waals surface area contributed by atoms with Gasteiger partial charge in [0.15, 0.2) is 0 Å². The molecule has 0 atom stereocenters.